The Morgan fingerprint density at radius 2 is 1.62 bits per heavy atom. The maximum atomic E-state index is 12.4. The Morgan fingerprint density at radius 3 is 2.33 bits per heavy atom. The van der Waals surface area contributed by atoms with Crippen molar-refractivity contribution in [1.29, 1.82) is 0 Å². The first kappa shape index (κ1) is 17.0. The van der Waals surface area contributed by atoms with Crippen molar-refractivity contribution in [2.45, 2.75) is 64.8 Å². The largest absolute Gasteiger partial charge is 0.353 e. The highest BCUT2D eigenvalue weighted by Gasteiger charge is 2.48. The van der Waals surface area contributed by atoms with Crippen LogP contribution in [0.3, 0.4) is 0 Å². The fourth-order valence-electron chi connectivity index (χ4n) is 3.60. The number of amides is 2. The zero-order valence-electron chi connectivity index (χ0n) is 14.7. The lowest BCUT2D eigenvalue weighted by Gasteiger charge is -2.16. The lowest BCUT2D eigenvalue weighted by atomic mass is 10.1. The van der Waals surface area contributed by atoms with Crippen molar-refractivity contribution >= 4 is 17.5 Å². The number of benzene rings is 1. The predicted octanol–water partition coefficient (Wildman–Crippen LogP) is 3.72. The molecular formula is C20H28N2O2. The van der Waals surface area contributed by atoms with Crippen molar-refractivity contribution in [3.63, 3.8) is 0 Å². The van der Waals surface area contributed by atoms with Gasteiger partial charge in [-0.15, -0.1) is 0 Å². The van der Waals surface area contributed by atoms with Gasteiger partial charge in [0.1, 0.15) is 0 Å². The van der Waals surface area contributed by atoms with E-state index in [-0.39, 0.29) is 23.7 Å². The molecule has 2 aliphatic carbocycles. The SMILES string of the molecule is Cc1ccc(C)c(NC(=O)C2CC2C(=O)NC2CCCCCC2)c1. The molecule has 0 radical (unpaired) electrons. The van der Waals surface area contributed by atoms with E-state index < -0.39 is 0 Å². The van der Waals surface area contributed by atoms with Crippen molar-refractivity contribution in [1.82, 2.24) is 5.32 Å². The third-order valence-electron chi connectivity index (χ3n) is 5.32. The summed E-state index contributed by atoms with van der Waals surface area (Å²) in [5.74, 6) is -0.262. The van der Waals surface area contributed by atoms with Crippen LogP contribution in [0, 0.1) is 25.7 Å². The molecule has 0 bridgehead atoms. The van der Waals surface area contributed by atoms with Crippen LogP contribution in [-0.4, -0.2) is 17.9 Å². The molecule has 2 atom stereocenters. The van der Waals surface area contributed by atoms with Crippen LogP contribution in [0.4, 0.5) is 5.69 Å². The Morgan fingerprint density at radius 1 is 0.958 bits per heavy atom. The van der Waals surface area contributed by atoms with E-state index in [4.69, 9.17) is 0 Å². The maximum Gasteiger partial charge on any atom is 0.228 e. The molecule has 2 aliphatic rings. The summed E-state index contributed by atoms with van der Waals surface area (Å²) in [4.78, 5) is 24.8. The summed E-state index contributed by atoms with van der Waals surface area (Å²) in [5.41, 5.74) is 3.03. The van der Waals surface area contributed by atoms with E-state index in [1.54, 1.807) is 0 Å². The quantitative estimate of drug-likeness (QED) is 0.828. The minimum Gasteiger partial charge on any atom is -0.353 e. The molecule has 4 heteroatoms. The molecule has 4 nitrogen and oxygen atoms in total. The Labute approximate surface area is 144 Å². The number of aryl methyl sites for hydroxylation is 2. The van der Waals surface area contributed by atoms with Gasteiger partial charge in [0.15, 0.2) is 0 Å². The zero-order chi connectivity index (χ0) is 17.1. The monoisotopic (exact) mass is 328 g/mol. The average Bonchev–Trinajstić information content (AvgIpc) is 3.35. The molecule has 2 saturated carbocycles. The fourth-order valence-corrected chi connectivity index (χ4v) is 3.60. The molecule has 0 spiro atoms. The van der Waals surface area contributed by atoms with E-state index >= 15 is 0 Å². The summed E-state index contributed by atoms with van der Waals surface area (Å²) in [6.45, 7) is 3.99. The van der Waals surface area contributed by atoms with Gasteiger partial charge in [0.25, 0.3) is 0 Å². The Bertz CT molecular complexity index is 618. The average molecular weight is 328 g/mol. The minimum absolute atomic E-state index is 0.0234. The molecule has 2 N–H and O–H groups in total. The van der Waals surface area contributed by atoms with E-state index in [0.717, 1.165) is 29.7 Å². The van der Waals surface area contributed by atoms with E-state index in [2.05, 4.69) is 10.6 Å². The fraction of sp³-hybridized carbons (Fsp3) is 0.600. The molecule has 1 aromatic carbocycles. The molecule has 2 fully saturated rings. The van der Waals surface area contributed by atoms with Crippen LogP contribution >= 0.6 is 0 Å². The van der Waals surface area contributed by atoms with Crippen molar-refractivity contribution in [3.05, 3.63) is 29.3 Å². The summed E-state index contributed by atoms with van der Waals surface area (Å²) >= 11 is 0. The van der Waals surface area contributed by atoms with Crippen LogP contribution in [0.5, 0.6) is 0 Å². The van der Waals surface area contributed by atoms with Crippen molar-refractivity contribution in [3.8, 4) is 0 Å². The molecular weight excluding hydrogens is 300 g/mol. The Balaban J connectivity index is 1.51. The van der Waals surface area contributed by atoms with E-state index in [1.807, 2.05) is 32.0 Å². The Kier molecular flexibility index (Phi) is 5.22. The van der Waals surface area contributed by atoms with E-state index in [1.165, 1.54) is 25.7 Å². The van der Waals surface area contributed by atoms with Gasteiger partial charge in [-0.1, -0.05) is 37.8 Å². The summed E-state index contributed by atoms with van der Waals surface area (Å²) in [6.07, 6.45) is 7.79. The molecule has 0 aromatic heterocycles. The van der Waals surface area contributed by atoms with Gasteiger partial charge in [-0.2, -0.15) is 0 Å². The second-order valence-electron chi connectivity index (χ2n) is 7.45. The van der Waals surface area contributed by atoms with Gasteiger partial charge >= 0.3 is 0 Å². The molecule has 1 aromatic rings. The van der Waals surface area contributed by atoms with Crippen molar-refractivity contribution in [2.75, 3.05) is 5.32 Å². The zero-order valence-corrected chi connectivity index (χ0v) is 14.7. The van der Waals surface area contributed by atoms with Crippen LogP contribution < -0.4 is 10.6 Å². The smallest absolute Gasteiger partial charge is 0.228 e. The summed E-state index contributed by atoms with van der Waals surface area (Å²) < 4.78 is 0. The first-order valence-corrected chi connectivity index (χ1v) is 9.23. The normalized spacial score (nSPS) is 24.1. The van der Waals surface area contributed by atoms with E-state index in [9.17, 15) is 9.59 Å². The predicted molar refractivity (Wildman–Crippen MR) is 95.8 cm³/mol. The molecule has 0 saturated heterocycles. The second kappa shape index (κ2) is 7.37. The van der Waals surface area contributed by atoms with Crippen LogP contribution in [0.15, 0.2) is 18.2 Å². The van der Waals surface area contributed by atoms with Gasteiger partial charge in [0, 0.05) is 11.7 Å². The number of carbonyl (C=O) groups is 2. The minimum atomic E-state index is -0.171. The lowest BCUT2D eigenvalue weighted by Crippen LogP contribution is -2.36. The number of rotatable bonds is 4. The number of hydrogen-bond acceptors (Lipinski definition) is 2. The number of nitrogens with one attached hydrogen (secondary N) is 2. The lowest BCUT2D eigenvalue weighted by molar-refractivity contribution is -0.125. The van der Waals surface area contributed by atoms with Crippen LogP contribution in [0.2, 0.25) is 0 Å². The molecule has 0 heterocycles. The van der Waals surface area contributed by atoms with Gasteiger partial charge in [-0.25, -0.2) is 0 Å². The highest BCUT2D eigenvalue weighted by molar-refractivity contribution is 6.00. The molecule has 3 rings (SSSR count). The highest BCUT2D eigenvalue weighted by atomic mass is 16.2. The topological polar surface area (TPSA) is 58.2 Å². The van der Waals surface area contributed by atoms with Crippen molar-refractivity contribution < 1.29 is 9.59 Å². The van der Waals surface area contributed by atoms with Crippen LogP contribution in [0.25, 0.3) is 0 Å². The van der Waals surface area contributed by atoms with Gasteiger partial charge in [-0.05, 0) is 50.3 Å². The van der Waals surface area contributed by atoms with E-state index in [0.29, 0.717) is 12.5 Å². The van der Waals surface area contributed by atoms with Crippen molar-refractivity contribution in [2.24, 2.45) is 11.8 Å². The third kappa shape index (κ3) is 4.16. The summed E-state index contributed by atoms with van der Waals surface area (Å²) in [7, 11) is 0. The number of carbonyl (C=O) groups excluding carboxylic acids is 2. The first-order valence-electron chi connectivity index (χ1n) is 9.23. The van der Waals surface area contributed by atoms with Gasteiger partial charge in [0.2, 0.25) is 11.8 Å². The highest BCUT2D eigenvalue weighted by Crippen LogP contribution is 2.40. The molecule has 24 heavy (non-hydrogen) atoms. The summed E-state index contributed by atoms with van der Waals surface area (Å²) in [6, 6.07) is 6.33. The standard InChI is InChI=1S/C20H28N2O2/c1-13-9-10-14(2)18(11-13)22-20(24)17-12-16(17)19(23)21-15-7-5-3-4-6-8-15/h9-11,15-17H,3-8,12H2,1-2H3,(H,21,23)(H,22,24). The molecule has 0 aliphatic heterocycles. The summed E-state index contributed by atoms with van der Waals surface area (Å²) in [5, 5.41) is 6.16. The molecule has 2 amide bonds. The second-order valence-corrected chi connectivity index (χ2v) is 7.45. The number of hydrogen-bond donors (Lipinski definition) is 2. The molecule has 2 unspecified atom stereocenters. The van der Waals surface area contributed by atoms with Crippen LogP contribution in [0.1, 0.15) is 56.1 Å². The van der Waals surface area contributed by atoms with Gasteiger partial charge in [0.05, 0.1) is 11.8 Å². The molecule has 130 valence electrons. The maximum absolute atomic E-state index is 12.4. The van der Waals surface area contributed by atoms with Gasteiger partial charge in [-0.3, -0.25) is 9.59 Å². The first-order chi connectivity index (χ1) is 11.5. The third-order valence-corrected chi connectivity index (χ3v) is 5.32. The Hall–Kier alpha value is -1.84. The van der Waals surface area contributed by atoms with Crippen LogP contribution in [-0.2, 0) is 9.59 Å². The van der Waals surface area contributed by atoms with Gasteiger partial charge < -0.3 is 10.6 Å². The number of anilines is 1.